The Bertz CT molecular complexity index is 652. The van der Waals surface area contributed by atoms with Crippen LogP contribution in [0.5, 0.6) is 11.5 Å². The molecule has 0 unspecified atom stereocenters. The Hall–Kier alpha value is -2.17. The predicted molar refractivity (Wildman–Crippen MR) is 75.5 cm³/mol. The summed E-state index contributed by atoms with van der Waals surface area (Å²) in [6.45, 7) is 0. The number of nitrogens with zero attached hydrogens (tertiary/aromatic N) is 2. The van der Waals surface area contributed by atoms with Gasteiger partial charge in [-0.05, 0) is 31.0 Å². The number of anilines is 1. The maximum atomic E-state index is 6.07. The lowest BCUT2D eigenvalue weighted by Crippen LogP contribution is -2.34. The van der Waals surface area contributed by atoms with Crippen molar-refractivity contribution in [1.29, 1.82) is 0 Å². The molecule has 1 aromatic heterocycles. The van der Waals surface area contributed by atoms with E-state index in [4.69, 9.17) is 15.2 Å². The molecule has 4 rings (SSSR count). The molecular formula is C15H17N3O2. The first-order chi connectivity index (χ1) is 9.65. The molecule has 1 aliphatic heterocycles. The van der Waals surface area contributed by atoms with Crippen LogP contribution in [0, 0.1) is 0 Å². The van der Waals surface area contributed by atoms with Crippen LogP contribution in [0.2, 0.25) is 0 Å². The fourth-order valence-corrected chi connectivity index (χ4v) is 2.99. The van der Waals surface area contributed by atoms with E-state index in [1.165, 1.54) is 0 Å². The van der Waals surface area contributed by atoms with E-state index < -0.39 is 5.79 Å². The van der Waals surface area contributed by atoms with E-state index in [9.17, 15) is 0 Å². The van der Waals surface area contributed by atoms with Crippen molar-refractivity contribution in [3.8, 4) is 22.8 Å². The van der Waals surface area contributed by atoms with Gasteiger partial charge in [0, 0.05) is 31.5 Å². The van der Waals surface area contributed by atoms with Gasteiger partial charge in [-0.25, -0.2) is 0 Å². The zero-order valence-corrected chi connectivity index (χ0v) is 11.4. The fraction of sp³-hybridized carbons (Fsp3) is 0.400. The average molecular weight is 271 g/mol. The Morgan fingerprint density at radius 2 is 1.90 bits per heavy atom. The molecule has 0 saturated heterocycles. The lowest BCUT2D eigenvalue weighted by Gasteiger charge is -2.21. The highest BCUT2D eigenvalue weighted by molar-refractivity contribution is 5.66. The first-order valence-corrected chi connectivity index (χ1v) is 6.97. The molecule has 104 valence electrons. The summed E-state index contributed by atoms with van der Waals surface area (Å²) in [5.41, 5.74) is 7.68. The molecule has 1 fully saturated rings. The number of benzene rings is 1. The fourth-order valence-electron chi connectivity index (χ4n) is 2.99. The molecular weight excluding hydrogens is 254 g/mol. The molecule has 20 heavy (non-hydrogen) atoms. The zero-order chi connectivity index (χ0) is 13.7. The van der Waals surface area contributed by atoms with Crippen molar-refractivity contribution in [2.24, 2.45) is 7.05 Å². The second kappa shape index (κ2) is 3.91. The van der Waals surface area contributed by atoms with E-state index in [2.05, 4.69) is 5.10 Å². The second-order valence-corrected chi connectivity index (χ2v) is 5.56. The minimum Gasteiger partial charge on any atom is -0.448 e. The van der Waals surface area contributed by atoms with Crippen LogP contribution in [0.25, 0.3) is 11.3 Å². The van der Waals surface area contributed by atoms with Gasteiger partial charge in [0.15, 0.2) is 11.5 Å². The minimum atomic E-state index is -0.413. The Morgan fingerprint density at radius 1 is 1.15 bits per heavy atom. The van der Waals surface area contributed by atoms with Crippen LogP contribution in [0.1, 0.15) is 25.7 Å². The Morgan fingerprint density at radius 3 is 2.60 bits per heavy atom. The molecule has 2 N–H and O–H groups in total. The maximum absolute atomic E-state index is 6.07. The lowest BCUT2D eigenvalue weighted by molar-refractivity contribution is -0.0716. The van der Waals surface area contributed by atoms with Crippen molar-refractivity contribution >= 4 is 5.82 Å². The first-order valence-electron chi connectivity index (χ1n) is 6.97. The largest absolute Gasteiger partial charge is 0.448 e. The van der Waals surface area contributed by atoms with E-state index >= 15 is 0 Å². The third kappa shape index (κ3) is 1.66. The Labute approximate surface area is 117 Å². The smallest absolute Gasteiger partial charge is 0.251 e. The van der Waals surface area contributed by atoms with Gasteiger partial charge in [-0.1, -0.05) is 0 Å². The van der Waals surface area contributed by atoms with Crippen LogP contribution < -0.4 is 15.2 Å². The van der Waals surface area contributed by atoms with E-state index in [-0.39, 0.29) is 0 Å². The Balaban J connectivity index is 1.70. The molecule has 2 heterocycles. The number of hydrogen-bond acceptors (Lipinski definition) is 4. The van der Waals surface area contributed by atoms with Crippen molar-refractivity contribution in [1.82, 2.24) is 9.78 Å². The number of hydrogen-bond donors (Lipinski definition) is 1. The molecule has 1 aliphatic carbocycles. The van der Waals surface area contributed by atoms with Gasteiger partial charge in [0.05, 0.1) is 5.69 Å². The van der Waals surface area contributed by atoms with Crippen LogP contribution in [-0.2, 0) is 7.05 Å². The second-order valence-electron chi connectivity index (χ2n) is 5.56. The summed E-state index contributed by atoms with van der Waals surface area (Å²) >= 11 is 0. The van der Waals surface area contributed by atoms with Gasteiger partial charge < -0.3 is 15.2 Å². The van der Waals surface area contributed by atoms with E-state index in [1.54, 1.807) is 4.68 Å². The van der Waals surface area contributed by atoms with Crippen LogP contribution in [-0.4, -0.2) is 15.6 Å². The van der Waals surface area contributed by atoms with Crippen LogP contribution >= 0.6 is 0 Å². The topological polar surface area (TPSA) is 62.3 Å². The van der Waals surface area contributed by atoms with Crippen molar-refractivity contribution in [2.45, 2.75) is 31.5 Å². The molecule has 0 radical (unpaired) electrons. The number of fused-ring (bicyclic) bond motifs is 1. The number of aryl methyl sites for hydroxylation is 1. The van der Waals surface area contributed by atoms with Gasteiger partial charge in [-0.3, -0.25) is 4.68 Å². The SMILES string of the molecule is Cn1nc(-c2ccc3c(c2)OC2(CCCC2)O3)cc1N. The first kappa shape index (κ1) is 11.6. The van der Waals surface area contributed by atoms with Gasteiger partial charge in [0.2, 0.25) is 0 Å². The van der Waals surface area contributed by atoms with Gasteiger partial charge >= 0.3 is 0 Å². The predicted octanol–water partition coefficient (Wildman–Crippen LogP) is 2.71. The maximum Gasteiger partial charge on any atom is 0.251 e. The van der Waals surface area contributed by atoms with Crippen molar-refractivity contribution in [2.75, 3.05) is 5.73 Å². The molecule has 1 spiro atoms. The van der Waals surface area contributed by atoms with Crippen LogP contribution in [0.15, 0.2) is 24.3 Å². The van der Waals surface area contributed by atoms with E-state index in [0.717, 1.165) is 48.4 Å². The van der Waals surface area contributed by atoms with Crippen LogP contribution in [0.4, 0.5) is 5.82 Å². The Kier molecular flexibility index (Phi) is 2.28. The van der Waals surface area contributed by atoms with E-state index in [1.807, 2.05) is 31.3 Å². The number of nitrogen functional groups attached to an aromatic ring is 1. The third-order valence-electron chi connectivity index (χ3n) is 4.11. The van der Waals surface area contributed by atoms with Gasteiger partial charge in [0.1, 0.15) is 5.82 Å². The average Bonchev–Trinajstić information content (AvgIpc) is 3.10. The monoisotopic (exact) mass is 271 g/mol. The molecule has 2 aromatic rings. The van der Waals surface area contributed by atoms with E-state index in [0.29, 0.717) is 5.82 Å². The molecule has 0 atom stereocenters. The number of ether oxygens (including phenoxy) is 2. The van der Waals surface area contributed by atoms with Gasteiger partial charge in [0.25, 0.3) is 5.79 Å². The normalized spacial score (nSPS) is 18.9. The molecule has 1 aromatic carbocycles. The number of aromatic nitrogens is 2. The quantitative estimate of drug-likeness (QED) is 0.866. The summed E-state index contributed by atoms with van der Waals surface area (Å²) in [7, 11) is 1.83. The molecule has 0 amide bonds. The third-order valence-corrected chi connectivity index (χ3v) is 4.11. The highest BCUT2D eigenvalue weighted by Gasteiger charge is 2.44. The molecule has 2 aliphatic rings. The number of nitrogens with two attached hydrogens (primary N) is 1. The lowest BCUT2D eigenvalue weighted by atomic mass is 10.1. The highest BCUT2D eigenvalue weighted by Crippen LogP contribution is 2.47. The summed E-state index contributed by atoms with van der Waals surface area (Å²) < 4.78 is 13.7. The summed E-state index contributed by atoms with van der Waals surface area (Å²) in [5.74, 6) is 1.88. The summed E-state index contributed by atoms with van der Waals surface area (Å²) in [5, 5.41) is 4.39. The molecule has 5 heteroatoms. The van der Waals surface area contributed by atoms with Crippen molar-refractivity contribution in [3.63, 3.8) is 0 Å². The van der Waals surface area contributed by atoms with Gasteiger partial charge in [-0.15, -0.1) is 0 Å². The summed E-state index contributed by atoms with van der Waals surface area (Å²) in [4.78, 5) is 0. The molecule has 5 nitrogen and oxygen atoms in total. The molecule has 1 saturated carbocycles. The van der Waals surface area contributed by atoms with Crippen LogP contribution in [0.3, 0.4) is 0 Å². The zero-order valence-electron chi connectivity index (χ0n) is 11.4. The van der Waals surface area contributed by atoms with Crippen molar-refractivity contribution < 1.29 is 9.47 Å². The van der Waals surface area contributed by atoms with Gasteiger partial charge in [-0.2, -0.15) is 5.10 Å². The standard InChI is InChI=1S/C15H17N3O2/c1-18-14(16)9-11(17-18)10-4-5-12-13(8-10)20-15(19-12)6-2-3-7-15/h4-5,8-9H,2-3,6-7,16H2,1H3. The summed E-state index contributed by atoms with van der Waals surface area (Å²) in [6.07, 6.45) is 4.26. The minimum absolute atomic E-state index is 0.413. The summed E-state index contributed by atoms with van der Waals surface area (Å²) in [6, 6.07) is 7.81. The molecule has 0 bridgehead atoms. The highest BCUT2D eigenvalue weighted by atomic mass is 16.7. The van der Waals surface area contributed by atoms with Crippen molar-refractivity contribution in [3.05, 3.63) is 24.3 Å². The number of rotatable bonds is 1.